The van der Waals surface area contributed by atoms with Crippen molar-refractivity contribution in [3.05, 3.63) is 18.0 Å². The van der Waals surface area contributed by atoms with E-state index in [0.717, 1.165) is 10.9 Å². The number of hydrogen-bond donors (Lipinski definition) is 2. The molecule has 0 aromatic carbocycles. The lowest BCUT2D eigenvalue weighted by Gasteiger charge is -2.18. The lowest BCUT2D eigenvalue weighted by atomic mass is 10.2. The first-order chi connectivity index (χ1) is 6.86. The predicted octanol–water partition coefficient (Wildman–Crippen LogP) is 0.782. The lowest BCUT2D eigenvalue weighted by Crippen LogP contribution is -2.32. The van der Waals surface area contributed by atoms with Crippen molar-refractivity contribution in [3.63, 3.8) is 0 Å². The van der Waals surface area contributed by atoms with Crippen LogP contribution >= 0.6 is 0 Å². The number of alkyl halides is 3. The Balaban J connectivity index is 2.92. The molecule has 1 rings (SSSR count). The van der Waals surface area contributed by atoms with E-state index in [-0.39, 0.29) is 6.61 Å². The third kappa shape index (κ3) is 2.69. The number of rotatable bonds is 3. The second kappa shape index (κ2) is 4.19. The summed E-state index contributed by atoms with van der Waals surface area (Å²) in [6.07, 6.45) is -2.87. The summed E-state index contributed by atoms with van der Waals surface area (Å²) >= 11 is 0. The van der Waals surface area contributed by atoms with Crippen molar-refractivity contribution >= 4 is 0 Å². The molecule has 2 atom stereocenters. The van der Waals surface area contributed by atoms with Gasteiger partial charge in [-0.25, -0.2) is 0 Å². The molecule has 7 heteroatoms. The molecule has 0 aliphatic carbocycles. The highest BCUT2D eigenvalue weighted by molar-refractivity contribution is 5.09. The van der Waals surface area contributed by atoms with Gasteiger partial charge in [-0.15, -0.1) is 0 Å². The van der Waals surface area contributed by atoms with Crippen LogP contribution in [0, 0.1) is 0 Å². The number of hydrogen-bond acceptors (Lipinski definition) is 3. The number of halogens is 3. The maximum Gasteiger partial charge on any atom is 0.419 e. The first-order valence-corrected chi connectivity index (χ1v) is 4.34. The van der Waals surface area contributed by atoms with Crippen molar-refractivity contribution in [1.82, 2.24) is 9.78 Å². The van der Waals surface area contributed by atoms with E-state index in [1.807, 2.05) is 0 Å². The smallest absolute Gasteiger partial charge is 0.394 e. The van der Waals surface area contributed by atoms with Gasteiger partial charge in [0.25, 0.3) is 0 Å². The average molecular weight is 223 g/mol. The van der Waals surface area contributed by atoms with Gasteiger partial charge in [0, 0.05) is 12.2 Å². The molecule has 2 unspecified atom stereocenters. The van der Waals surface area contributed by atoms with Crippen LogP contribution in [0.15, 0.2) is 12.4 Å². The highest BCUT2D eigenvalue weighted by Gasteiger charge is 2.33. The first kappa shape index (κ1) is 12.0. The summed E-state index contributed by atoms with van der Waals surface area (Å²) in [5, 5.41) is 12.5. The predicted molar refractivity (Wildman–Crippen MR) is 47.0 cm³/mol. The van der Waals surface area contributed by atoms with E-state index >= 15 is 0 Å². The van der Waals surface area contributed by atoms with Crippen LogP contribution in [0.4, 0.5) is 13.2 Å². The number of aliphatic hydroxyl groups excluding tert-OH is 1. The van der Waals surface area contributed by atoms with Crippen molar-refractivity contribution in [2.75, 3.05) is 6.61 Å². The zero-order valence-electron chi connectivity index (χ0n) is 8.07. The van der Waals surface area contributed by atoms with Gasteiger partial charge in [0.1, 0.15) is 0 Å². The molecule has 3 N–H and O–H groups in total. The van der Waals surface area contributed by atoms with Crippen molar-refractivity contribution in [3.8, 4) is 0 Å². The van der Waals surface area contributed by atoms with Gasteiger partial charge in [-0.3, -0.25) is 4.68 Å². The fourth-order valence-electron chi connectivity index (χ4n) is 1.16. The second-order valence-electron chi connectivity index (χ2n) is 3.32. The molecule has 15 heavy (non-hydrogen) atoms. The average Bonchev–Trinajstić information content (AvgIpc) is 2.52. The number of nitrogens with two attached hydrogens (primary N) is 1. The molecule has 0 radical (unpaired) electrons. The van der Waals surface area contributed by atoms with E-state index in [4.69, 9.17) is 10.8 Å². The molecule has 0 amide bonds. The molecule has 0 saturated carbocycles. The molecule has 86 valence electrons. The summed E-state index contributed by atoms with van der Waals surface area (Å²) in [7, 11) is 0. The summed E-state index contributed by atoms with van der Waals surface area (Å²) in [6.45, 7) is 1.24. The van der Waals surface area contributed by atoms with Gasteiger partial charge in [0.15, 0.2) is 0 Å². The monoisotopic (exact) mass is 223 g/mol. The Bertz CT molecular complexity index is 321. The third-order valence-corrected chi connectivity index (χ3v) is 2.06. The van der Waals surface area contributed by atoms with E-state index in [9.17, 15) is 13.2 Å². The Kier molecular flexibility index (Phi) is 3.35. The molecule has 0 aliphatic rings. The van der Waals surface area contributed by atoms with Crippen molar-refractivity contribution in [2.24, 2.45) is 5.73 Å². The van der Waals surface area contributed by atoms with E-state index in [2.05, 4.69) is 5.10 Å². The molecule has 1 heterocycles. The molecule has 4 nitrogen and oxygen atoms in total. The van der Waals surface area contributed by atoms with Crippen LogP contribution in [0.1, 0.15) is 18.5 Å². The molecule has 1 aromatic rings. The van der Waals surface area contributed by atoms with Crippen LogP contribution in [0.25, 0.3) is 0 Å². The fraction of sp³-hybridized carbons (Fsp3) is 0.625. The Morgan fingerprint density at radius 1 is 1.60 bits per heavy atom. The molecule has 1 aromatic heterocycles. The van der Waals surface area contributed by atoms with Crippen LogP contribution in [-0.2, 0) is 6.18 Å². The highest BCUT2D eigenvalue weighted by Crippen LogP contribution is 2.29. The minimum atomic E-state index is -4.42. The maximum atomic E-state index is 12.2. The van der Waals surface area contributed by atoms with Gasteiger partial charge in [-0.1, -0.05) is 0 Å². The van der Waals surface area contributed by atoms with Crippen LogP contribution in [-0.4, -0.2) is 27.5 Å². The van der Waals surface area contributed by atoms with E-state index in [1.54, 1.807) is 6.92 Å². The zero-order chi connectivity index (χ0) is 11.6. The van der Waals surface area contributed by atoms with Crippen molar-refractivity contribution < 1.29 is 18.3 Å². The normalized spacial score (nSPS) is 16.4. The standard InChI is InChI=1S/C8H12F3N3O/c1-5(12)7(4-15)14-3-6(2-13-14)8(9,10)11/h2-3,5,7,15H,4,12H2,1H3. The van der Waals surface area contributed by atoms with Crippen molar-refractivity contribution in [1.29, 1.82) is 0 Å². The summed E-state index contributed by atoms with van der Waals surface area (Å²) in [4.78, 5) is 0. The first-order valence-electron chi connectivity index (χ1n) is 4.34. The zero-order valence-corrected chi connectivity index (χ0v) is 8.07. The molecule has 0 saturated heterocycles. The Labute approximate surface area is 84.5 Å². The number of aromatic nitrogens is 2. The Hall–Kier alpha value is -1.08. The Morgan fingerprint density at radius 3 is 2.53 bits per heavy atom. The molecular formula is C8H12F3N3O. The van der Waals surface area contributed by atoms with Crippen molar-refractivity contribution in [2.45, 2.75) is 25.2 Å². The number of nitrogens with zero attached hydrogens (tertiary/aromatic N) is 2. The van der Waals surface area contributed by atoms with E-state index in [0.29, 0.717) is 6.20 Å². The quantitative estimate of drug-likeness (QED) is 0.796. The third-order valence-electron chi connectivity index (χ3n) is 2.06. The fourth-order valence-corrected chi connectivity index (χ4v) is 1.16. The highest BCUT2D eigenvalue weighted by atomic mass is 19.4. The summed E-state index contributed by atoms with van der Waals surface area (Å²) in [5.41, 5.74) is 4.65. The van der Waals surface area contributed by atoms with Crippen LogP contribution in [0.2, 0.25) is 0 Å². The largest absolute Gasteiger partial charge is 0.419 e. The van der Waals surface area contributed by atoms with E-state index < -0.39 is 23.8 Å². The van der Waals surface area contributed by atoms with Crippen LogP contribution < -0.4 is 5.73 Å². The maximum absolute atomic E-state index is 12.2. The van der Waals surface area contributed by atoms with Crippen LogP contribution in [0.5, 0.6) is 0 Å². The molecule has 0 fully saturated rings. The van der Waals surface area contributed by atoms with Crippen LogP contribution in [0.3, 0.4) is 0 Å². The van der Waals surface area contributed by atoms with E-state index in [1.165, 1.54) is 0 Å². The van der Waals surface area contributed by atoms with Gasteiger partial charge in [0.05, 0.1) is 24.4 Å². The van der Waals surface area contributed by atoms with Gasteiger partial charge >= 0.3 is 6.18 Å². The summed E-state index contributed by atoms with van der Waals surface area (Å²) < 4.78 is 37.7. The van der Waals surface area contributed by atoms with Gasteiger partial charge < -0.3 is 10.8 Å². The lowest BCUT2D eigenvalue weighted by molar-refractivity contribution is -0.137. The summed E-state index contributed by atoms with van der Waals surface area (Å²) in [6, 6.07) is -1.11. The minimum Gasteiger partial charge on any atom is -0.394 e. The van der Waals surface area contributed by atoms with Gasteiger partial charge in [-0.05, 0) is 6.92 Å². The SMILES string of the molecule is CC(N)C(CO)n1cc(C(F)(F)F)cn1. The Morgan fingerprint density at radius 2 is 2.20 bits per heavy atom. The number of aliphatic hydroxyl groups is 1. The van der Waals surface area contributed by atoms with Gasteiger partial charge in [-0.2, -0.15) is 18.3 Å². The molecule has 0 aliphatic heterocycles. The second-order valence-corrected chi connectivity index (χ2v) is 3.32. The van der Waals surface area contributed by atoms with Gasteiger partial charge in [0.2, 0.25) is 0 Å². The molecule has 0 bridgehead atoms. The molecular weight excluding hydrogens is 211 g/mol. The minimum absolute atomic E-state index is 0.351. The topological polar surface area (TPSA) is 64.1 Å². The summed E-state index contributed by atoms with van der Waals surface area (Å²) in [5.74, 6) is 0. The molecule has 0 spiro atoms.